The standard InChI is InChI=1S/C12H8ClN3O/c1-17-8-2-3-9(10(13)6-8)11-4-5-15-12(7-14)16-11/h2-6H,1H3. The van der Waals surface area contributed by atoms with Crippen molar-refractivity contribution in [2.24, 2.45) is 0 Å². The van der Waals surface area contributed by atoms with Crippen molar-refractivity contribution in [3.63, 3.8) is 0 Å². The van der Waals surface area contributed by atoms with Crippen LogP contribution in [0.5, 0.6) is 5.75 Å². The van der Waals surface area contributed by atoms with E-state index in [1.807, 2.05) is 6.07 Å². The zero-order chi connectivity index (χ0) is 12.3. The maximum Gasteiger partial charge on any atom is 0.232 e. The quantitative estimate of drug-likeness (QED) is 0.816. The van der Waals surface area contributed by atoms with Crippen molar-refractivity contribution in [1.29, 1.82) is 5.26 Å². The van der Waals surface area contributed by atoms with Gasteiger partial charge in [-0.1, -0.05) is 11.6 Å². The summed E-state index contributed by atoms with van der Waals surface area (Å²) in [4.78, 5) is 7.89. The fourth-order valence-corrected chi connectivity index (χ4v) is 1.66. The fourth-order valence-electron chi connectivity index (χ4n) is 1.39. The van der Waals surface area contributed by atoms with Crippen molar-refractivity contribution in [1.82, 2.24) is 9.97 Å². The largest absolute Gasteiger partial charge is 0.497 e. The van der Waals surface area contributed by atoms with Gasteiger partial charge in [-0.15, -0.1) is 0 Å². The van der Waals surface area contributed by atoms with Gasteiger partial charge in [-0.2, -0.15) is 5.26 Å². The number of hydrogen-bond donors (Lipinski definition) is 0. The highest BCUT2D eigenvalue weighted by molar-refractivity contribution is 6.33. The molecule has 4 nitrogen and oxygen atoms in total. The molecule has 1 heterocycles. The smallest absolute Gasteiger partial charge is 0.232 e. The van der Waals surface area contributed by atoms with Crippen LogP contribution >= 0.6 is 11.6 Å². The van der Waals surface area contributed by atoms with Crippen LogP contribution in [0.2, 0.25) is 5.02 Å². The van der Waals surface area contributed by atoms with E-state index < -0.39 is 0 Å². The lowest BCUT2D eigenvalue weighted by atomic mass is 10.1. The molecule has 0 amide bonds. The molecule has 0 radical (unpaired) electrons. The Kier molecular flexibility index (Phi) is 3.22. The normalized spacial score (nSPS) is 9.71. The first-order valence-corrected chi connectivity index (χ1v) is 5.19. The third-order valence-electron chi connectivity index (χ3n) is 2.21. The first kappa shape index (κ1) is 11.4. The van der Waals surface area contributed by atoms with Crippen molar-refractivity contribution in [2.45, 2.75) is 0 Å². The molecule has 0 N–H and O–H groups in total. The number of ether oxygens (including phenoxy) is 1. The van der Waals surface area contributed by atoms with E-state index in [0.29, 0.717) is 16.5 Å². The second-order valence-electron chi connectivity index (χ2n) is 3.22. The van der Waals surface area contributed by atoms with Gasteiger partial charge in [-0.05, 0) is 24.3 Å². The number of nitrogens with zero attached hydrogens (tertiary/aromatic N) is 3. The van der Waals surface area contributed by atoms with Crippen LogP contribution in [0, 0.1) is 11.3 Å². The molecule has 2 rings (SSSR count). The predicted octanol–water partition coefficient (Wildman–Crippen LogP) is 2.68. The minimum Gasteiger partial charge on any atom is -0.497 e. The first-order valence-electron chi connectivity index (χ1n) is 4.81. The highest BCUT2D eigenvalue weighted by atomic mass is 35.5. The molecule has 0 unspecified atom stereocenters. The number of halogens is 1. The molecule has 1 aromatic carbocycles. The zero-order valence-corrected chi connectivity index (χ0v) is 9.77. The van der Waals surface area contributed by atoms with Gasteiger partial charge in [0.15, 0.2) is 0 Å². The van der Waals surface area contributed by atoms with E-state index in [4.69, 9.17) is 21.6 Å². The molecule has 0 saturated heterocycles. The minimum absolute atomic E-state index is 0.120. The van der Waals surface area contributed by atoms with Crippen LogP contribution in [0.1, 0.15) is 5.82 Å². The van der Waals surface area contributed by atoms with Gasteiger partial charge >= 0.3 is 0 Å². The molecule has 5 heteroatoms. The van der Waals surface area contributed by atoms with E-state index >= 15 is 0 Å². The Morgan fingerprint density at radius 3 is 2.82 bits per heavy atom. The molecule has 0 atom stereocenters. The Labute approximate surface area is 103 Å². The van der Waals surface area contributed by atoms with E-state index in [9.17, 15) is 0 Å². The lowest BCUT2D eigenvalue weighted by molar-refractivity contribution is 0.415. The Bertz CT molecular complexity index is 593. The predicted molar refractivity (Wildman–Crippen MR) is 63.7 cm³/mol. The van der Waals surface area contributed by atoms with Crippen molar-refractivity contribution >= 4 is 11.6 Å². The van der Waals surface area contributed by atoms with E-state index in [1.54, 1.807) is 31.4 Å². The van der Waals surface area contributed by atoms with Gasteiger partial charge in [0.2, 0.25) is 5.82 Å². The van der Waals surface area contributed by atoms with Crippen molar-refractivity contribution in [3.05, 3.63) is 41.3 Å². The SMILES string of the molecule is COc1ccc(-c2ccnc(C#N)n2)c(Cl)c1. The summed E-state index contributed by atoms with van der Waals surface area (Å²) < 4.78 is 5.06. The summed E-state index contributed by atoms with van der Waals surface area (Å²) >= 11 is 6.11. The van der Waals surface area contributed by atoms with Crippen LogP contribution in [0.4, 0.5) is 0 Å². The van der Waals surface area contributed by atoms with Gasteiger partial charge in [-0.25, -0.2) is 9.97 Å². The maximum absolute atomic E-state index is 8.73. The highest BCUT2D eigenvalue weighted by Crippen LogP contribution is 2.29. The van der Waals surface area contributed by atoms with Crippen LogP contribution in [0.25, 0.3) is 11.3 Å². The fraction of sp³-hybridized carbons (Fsp3) is 0.0833. The summed E-state index contributed by atoms with van der Waals surface area (Å²) in [6.45, 7) is 0. The molecule has 0 saturated carbocycles. The molecule has 0 bridgehead atoms. The van der Waals surface area contributed by atoms with Gasteiger partial charge in [0, 0.05) is 11.8 Å². The summed E-state index contributed by atoms with van der Waals surface area (Å²) in [7, 11) is 1.57. The third kappa shape index (κ3) is 2.35. The Hall–Kier alpha value is -2.12. The molecule has 0 aliphatic carbocycles. The van der Waals surface area contributed by atoms with E-state index in [2.05, 4.69) is 9.97 Å². The Balaban J connectivity index is 2.49. The minimum atomic E-state index is 0.120. The molecular formula is C12H8ClN3O. The second-order valence-corrected chi connectivity index (χ2v) is 3.63. The molecule has 17 heavy (non-hydrogen) atoms. The van der Waals surface area contributed by atoms with Crippen molar-refractivity contribution in [3.8, 4) is 23.1 Å². The third-order valence-corrected chi connectivity index (χ3v) is 2.52. The van der Waals surface area contributed by atoms with Gasteiger partial charge in [0.25, 0.3) is 0 Å². The monoisotopic (exact) mass is 245 g/mol. The maximum atomic E-state index is 8.73. The molecule has 0 aliphatic rings. The summed E-state index contributed by atoms with van der Waals surface area (Å²) in [6, 6.07) is 8.87. The molecule has 2 aromatic rings. The molecule has 84 valence electrons. The van der Waals surface area contributed by atoms with Crippen LogP contribution in [0.15, 0.2) is 30.5 Å². The van der Waals surface area contributed by atoms with Crippen LogP contribution in [-0.2, 0) is 0 Å². The summed E-state index contributed by atoms with van der Waals surface area (Å²) in [5.41, 5.74) is 1.36. The summed E-state index contributed by atoms with van der Waals surface area (Å²) in [5.74, 6) is 0.794. The lowest BCUT2D eigenvalue weighted by Crippen LogP contribution is -1.92. The molecule has 1 aromatic heterocycles. The summed E-state index contributed by atoms with van der Waals surface area (Å²) in [6.07, 6.45) is 1.53. The van der Waals surface area contributed by atoms with Crippen molar-refractivity contribution < 1.29 is 4.74 Å². The van der Waals surface area contributed by atoms with Crippen LogP contribution < -0.4 is 4.74 Å². The van der Waals surface area contributed by atoms with Gasteiger partial charge in [0.05, 0.1) is 17.8 Å². The Morgan fingerprint density at radius 1 is 1.35 bits per heavy atom. The molecular weight excluding hydrogens is 238 g/mol. The first-order chi connectivity index (χ1) is 8.24. The highest BCUT2D eigenvalue weighted by Gasteiger charge is 2.07. The zero-order valence-electron chi connectivity index (χ0n) is 9.01. The van der Waals surface area contributed by atoms with Gasteiger partial charge < -0.3 is 4.74 Å². The van der Waals surface area contributed by atoms with E-state index in [0.717, 1.165) is 5.56 Å². The van der Waals surface area contributed by atoms with E-state index in [-0.39, 0.29) is 5.82 Å². The van der Waals surface area contributed by atoms with Gasteiger partial charge in [-0.3, -0.25) is 0 Å². The summed E-state index contributed by atoms with van der Waals surface area (Å²) in [5, 5.41) is 9.25. The van der Waals surface area contributed by atoms with E-state index in [1.165, 1.54) is 6.20 Å². The molecule has 0 aliphatic heterocycles. The number of methoxy groups -OCH3 is 1. The number of rotatable bonds is 2. The van der Waals surface area contributed by atoms with Crippen LogP contribution in [-0.4, -0.2) is 17.1 Å². The number of nitriles is 1. The van der Waals surface area contributed by atoms with Gasteiger partial charge in [0.1, 0.15) is 11.8 Å². The number of benzene rings is 1. The molecule has 0 fully saturated rings. The Morgan fingerprint density at radius 2 is 2.18 bits per heavy atom. The topological polar surface area (TPSA) is 58.8 Å². The van der Waals surface area contributed by atoms with Crippen molar-refractivity contribution in [2.75, 3.05) is 7.11 Å². The lowest BCUT2D eigenvalue weighted by Gasteiger charge is -2.05. The average Bonchev–Trinajstić information content (AvgIpc) is 2.38. The second kappa shape index (κ2) is 4.81. The number of hydrogen-bond acceptors (Lipinski definition) is 4. The van der Waals surface area contributed by atoms with Crippen LogP contribution in [0.3, 0.4) is 0 Å². The number of aromatic nitrogens is 2. The average molecular weight is 246 g/mol. The molecule has 0 spiro atoms.